The molecule has 4 aromatic rings. The lowest BCUT2D eigenvalue weighted by Gasteiger charge is -2.28. The second-order valence-corrected chi connectivity index (χ2v) is 11.5. The number of rotatable bonds is 8. The molecule has 2 aliphatic rings. The number of benzene rings is 3. The summed E-state index contributed by atoms with van der Waals surface area (Å²) in [6.07, 6.45) is 2.66. The Morgan fingerprint density at radius 2 is 1.88 bits per heavy atom. The maximum Gasteiger partial charge on any atom is 0.220 e. The summed E-state index contributed by atoms with van der Waals surface area (Å²) >= 11 is 0. The van der Waals surface area contributed by atoms with Crippen molar-refractivity contribution < 1.29 is 18.7 Å². The smallest absolute Gasteiger partial charge is 0.220 e. The first-order valence-electron chi connectivity index (χ1n) is 13.6. The molecule has 1 aromatic heterocycles. The van der Waals surface area contributed by atoms with E-state index in [1.54, 1.807) is 19.2 Å². The minimum absolute atomic E-state index is 0.00813. The van der Waals surface area contributed by atoms with Gasteiger partial charge in [0, 0.05) is 66.0 Å². The normalized spacial score (nSPS) is 16.5. The number of amides is 1. The van der Waals surface area contributed by atoms with Gasteiger partial charge in [-0.25, -0.2) is 4.39 Å². The summed E-state index contributed by atoms with van der Waals surface area (Å²) in [6, 6.07) is 18.7. The Hall–Kier alpha value is -4.10. The highest BCUT2D eigenvalue weighted by Gasteiger charge is 2.33. The summed E-state index contributed by atoms with van der Waals surface area (Å²) in [4.78, 5) is 29.1. The highest BCUT2D eigenvalue weighted by atomic mass is 19.1. The number of methoxy groups -OCH3 is 1. The van der Waals surface area contributed by atoms with Crippen LogP contribution in [0.15, 0.2) is 65.7 Å². The molecule has 1 saturated heterocycles. The van der Waals surface area contributed by atoms with Gasteiger partial charge in [0.05, 0.1) is 18.7 Å². The molecule has 0 saturated carbocycles. The molecule has 6 rings (SSSR count). The Morgan fingerprint density at radius 3 is 2.55 bits per heavy atom. The van der Waals surface area contributed by atoms with Gasteiger partial charge in [0.15, 0.2) is 5.78 Å². The summed E-state index contributed by atoms with van der Waals surface area (Å²) in [5, 5.41) is 3.88. The van der Waals surface area contributed by atoms with E-state index in [1.807, 2.05) is 30.5 Å². The van der Waals surface area contributed by atoms with E-state index < -0.39 is 5.41 Å². The highest BCUT2D eigenvalue weighted by Crippen LogP contribution is 2.44. The third kappa shape index (κ3) is 4.64. The topological polar surface area (TPSA) is 72.7 Å². The lowest BCUT2D eigenvalue weighted by molar-refractivity contribution is -0.119. The molecule has 1 unspecified atom stereocenters. The first kappa shape index (κ1) is 26.1. The monoisotopic (exact) mass is 537 g/mol. The number of carbonyl (C=O) groups is 2. The number of ether oxygens (including phenoxy) is 1. The number of aliphatic imine (C=N–C) groups is 1. The van der Waals surface area contributed by atoms with Gasteiger partial charge >= 0.3 is 0 Å². The van der Waals surface area contributed by atoms with Crippen molar-refractivity contribution in [2.75, 3.05) is 20.3 Å². The van der Waals surface area contributed by atoms with Crippen LogP contribution in [0.3, 0.4) is 0 Å². The zero-order valence-corrected chi connectivity index (χ0v) is 23.0. The van der Waals surface area contributed by atoms with Gasteiger partial charge in [-0.1, -0.05) is 38.1 Å². The van der Waals surface area contributed by atoms with Crippen LogP contribution in [0.25, 0.3) is 27.7 Å². The SMILES string of the molecule is COCC(C)(C)c1c(-c2ccc(C(=O)CC3CNC(=O)C3)cc2)c2cc3c(cc2n1-c1ccc(F)cc1)C=NC3. The van der Waals surface area contributed by atoms with Gasteiger partial charge in [-0.3, -0.25) is 14.6 Å². The van der Waals surface area contributed by atoms with E-state index in [2.05, 4.69) is 40.9 Å². The van der Waals surface area contributed by atoms with E-state index >= 15 is 0 Å². The molecule has 0 bridgehead atoms. The minimum atomic E-state index is -0.410. The Labute approximate surface area is 232 Å². The number of carbonyl (C=O) groups excluding carboxylic acids is 2. The first-order valence-corrected chi connectivity index (χ1v) is 13.6. The summed E-state index contributed by atoms with van der Waals surface area (Å²) in [6.45, 7) is 5.96. The van der Waals surface area contributed by atoms with Crippen LogP contribution in [0.5, 0.6) is 0 Å². The Morgan fingerprint density at radius 1 is 1.12 bits per heavy atom. The van der Waals surface area contributed by atoms with Gasteiger partial charge in [0.1, 0.15) is 5.82 Å². The molecule has 40 heavy (non-hydrogen) atoms. The predicted octanol–water partition coefficient (Wildman–Crippen LogP) is 6.00. The first-order chi connectivity index (χ1) is 19.2. The summed E-state index contributed by atoms with van der Waals surface area (Å²) in [7, 11) is 1.70. The van der Waals surface area contributed by atoms with Crippen molar-refractivity contribution in [2.24, 2.45) is 10.9 Å². The number of nitrogens with zero attached hydrogens (tertiary/aromatic N) is 2. The molecule has 1 fully saturated rings. The molecule has 1 amide bonds. The number of Topliss-reactive ketones (excluding diaryl/α,β-unsaturated/α-hetero) is 1. The number of aromatic nitrogens is 1. The van der Waals surface area contributed by atoms with Crippen molar-refractivity contribution in [1.82, 2.24) is 9.88 Å². The van der Waals surface area contributed by atoms with Crippen molar-refractivity contribution in [3.8, 4) is 16.8 Å². The molecule has 7 heteroatoms. The predicted molar refractivity (Wildman–Crippen MR) is 155 cm³/mol. The Kier molecular flexibility index (Phi) is 6.62. The quantitative estimate of drug-likeness (QED) is 0.280. The maximum absolute atomic E-state index is 14.0. The van der Waals surface area contributed by atoms with Crippen LogP contribution in [0.4, 0.5) is 4.39 Å². The van der Waals surface area contributed by atoms with E-state index in [9.17, 15) is 14.0 Å². The van der Waals surface area contributed by atoms with Gasteiger partial charge in [0.2, 0.25) is 5.91 Å². The fourth-order valence-corrected chi connectivity index (χ4v) is 6.13. The van der Waals surface area contributed by atoms with Crippen LogP contribution < -0.4 is 5.32 Å². The fourth-order valence-electron chi connectivity index (χ4n) is 6.13. The molecule has 0 spiro atoms. The third-order valence-electron chi connectivity index (χ3n) is 7.98. The average Bonchev–Trinajstić information content (AvgIpc) is 3.65. The largest absolute Gasteiger partial charge is 0.384 e. The van der Waals surface area contributed by atoms with Crippen LogP contribution in [0.1, 0.15) is 53.9 Å². The Bertz CT molecular complexity index is 1650. The van der Waals surface area contributed by atoms with E-state index in [0.29, 0.717) is 38.1 Å². The molecule has 0 aliphatic carbocycles. The standard InChI is InChI=1S/C33H32FN3O3/c1-33(2,19-40-3)32-31(22-6-4-21(5-7-22)29(38)12-20-13-30(39)36-16-20)27-14-23-17-35-18-24(23)15-28(27)37(32)26-10-8-25(34)9-11-26/h4-11,14-15,18,20H,12-13,16-17,19H2,1-3H3,(H,36,39). The number of hydrogen-bond acceptors (Lipinski definition) is 4. The van der Waals surface area contributed by atoms with Crippen molar-refractivity contribution in [3.05, 3.63) is 88.9 Å². The lowest BCUT2D eigenvalue weighted by atomic mass is 9.84. The van der Waals surface area contributed by atoms with Gasteiger partial charge in [0.25, 0.3) is 0 Å². The molecule has 204 valence electrons. The zero-order valence-electron chi connectivity index (χ0n) is 23.0. The van der Waals surface area contributed by atoms with E-state index in [4.69, 9.17) is 4.74 Å². The molecule has 1 atom stereocenters. The molecule has 6 nitrogen and oxygen atoms in total. The molecule has 3 heterocycles. The summed E-state index contributed by atoms with van der Waals surface area (Å²) in [5.74, 6) is -0.200. The van der Waals surface area contributed by atoms with E-state index in [0.717, 1.165) is 44.5 Å². The number of fused-ring (bicyclic) bond motifs is 2. The molecule has 3 aromatic carbocycles. The zero-order chi connectivity index (χ0) is 28.0. The molecule has 0 radical (unpaired) electrons. The van der Waals surface area contributed by atoms with Gasteiger partial charge in [-0.15, -0.1) is 0 Å². The van der Waals surface area contributed by atoms with Gasteiger partial charge in [-0.05, 0) is 59.0 Å². The van der Waals surface area contributed by atoms with E-state index in [-0.39, 0.29) is 23.4 Å². The van der Waals surface area contributed by atoms with Crippen molar-refractivity contribution in [3.63, 3.8) is 0 Å². The summed E-state index contributed by atoms with van der Waals surface area (Å²) in [5.41, 5.74) is 7.42. The number of nitrogens with one attached hydrogen (secondary N) is 1. The van der Waals surface area contributed by atoms with E-state index in [1.165, 1.54) is 12.1 Å². The van der Waals surface area contributed by atoms with Crippen LogP contribution in [0, 0.1) is 11.7 Å². The number of hydrogen-bond donors (Lipinski definition) is 1. The molecule has 2 aliphatic heterocycles. The third-order valence-corrected chi connectivity index (χ3v) is 7.98. The number of ketones is 1. The average molecular weight is 538 g/mol. The lowest BCUT2D eigenvalue weighted by Crippen LogP contribution is -2.27. The second kappa shape index (κ2) is 10.1. The van der Waals surface area contributed by atoms with Crippen molar-refractivity contribution in [1.29, 1.82) is 0 Å². The van der Waals surface area contributed by atoms with Crippen LogP contribution in [-0.4, -0.2) is 42.7 Å². The Balaban J connectivity index is 1.53. The molecule has 1 N–H and O–H groups in total. The van der Waals surface area contributed by atoms with Crippen LogP contribution >= 0.6 is 0 Å². The van der Waals surface area contributed by atoms with Crippen LogP contribution in [0.2, 0.25) is 0 Å². The van der Waals surface area contributed by atoms with Crippen molar-refractivity contribution in [2.45, 2.75) is 38.6 Å². The number of halogens is 1. The van der Waals surface area contributed by atoms with Crippen LogP contribution in [-0.2, 0) is 21.5 Å². The fraction of sp³-hybridized carbons (Fsp3) is 0.303. The van der Waals surface area contributed by atoms with Gasteiger partial charge in [-0.2, -0.15) is 0 Å². The summed E-state index contributed by atoms with van der Waals surface area (Å²) < 4.78 is 21.9. The highest BCUT2D eigenvalue weighted by molar-refractivity contribution is 6.04. The van der Waals surface area contributed by atoms with Gasteiger partial charge < -0.3 is 14.6 Å². The molecular weight excluding hydrogens is 505 g/mol. The van der Waals surface area contributed by atoms with Crippen molar-refractivity contribution >= 4 is 28.8 Å². The molecular formula is C33H32FN3O3. The minimum Gasteiger partial charge on any atom is -0.384 e. The maximum atomic E-state index is 14.0. The second-order valence-electron chi connectivity index (χ2n) is 11.5.